The second kappa shape index (κ2) is 8.51. The average Bonchev–Trinajstić information content (AvgIpc) is 2.97. The fraction of sp³-hybridized carbons (Fsp3) is 0.882. The standard InChI is InChI=1S/C17H31N3O2/c1-13(19-17(22)15-6-4-3-5-7-15)10-16(21)20-9-8-14(12-20)11-18-2/h13-15,18H,3-12H2,1-2H3,(H,19,22). The zero-order valence-corrected chi connectivity index (χ0v) is 14.1. The van der Waals surface area contributed by atoms with Gasteiger partial charge in [-0.25, -0.2) is 0 Å². The van der Waals surface area contributed by atoms with E-state index in [9.17, 15) is 9.59 Å². The molecule has 126 valence electrons. The summed E-state index contributed by atoms with van der Waals surface area (Å²) in [4.78, 5) is 26.5. The number of nitrogens with zero attached hydrogens (tertiary/aromatic N) is 1. The highest BCUT2D eigenvalue weighted by molar-refractivity contribution is 5.81. The number of carbonyl (C=O) groups excluding carboxylic acids is 2. The highest BCUT2D eigenvalue weighted by atomic mass is 16.2. The summed E-state index contributed by atoms with van der Waals surface area (Å²) >= 11 is 0. The molecule has 0 bridgehead atoms. The van der Waals surface area contributed by atoms with Gasteiger partial charge in [0.25, 0.3) is 0 Å². The summed E-state index contributed by atoms with van der Waals surface area (Å²) in [7, 11) is 1.95. The lowest BCUT2D eigenvalue weighted by molar-refractivity contribution is -0.131. The maximum absolute atomic E-state index is 12.3. The van der Waals surface area contributed by atoms with E-state index in [-0.39, 0.29) is 23.8 Å². The Bertz CT molecular complexity index is 380. The third-order valence-electron chi connectivity index (χ3n) is 4.98. The van der Waals surface area contributed by atoms with Crippen LogP contribution < -0.4 is 10.6 Å². The molecule has 0 aromatic rings. The van der Waals surface area contributed by atoms with Crippen molar-refractivity contribution in [3.63, 3.8) is 0 Å². The lowest BCUT2D eigenvalue weighted by Crippen LogP contribution is -2.41. The minimum Gasteiger partial charge on any atom is -0.353 e. The first-order chi connectivity index (χ1) is 10.6. The van der Waals surface area contributed by atoms with Crippen LogP contribution in [-0.2, 0) is 9.59 Å². The topological polar surface area (TPSA) is 61.4 Å². The molecular weight excluding hydrogens is 278 g/mol. The van der Waals surface area contributed by atoms with E-state index in [1.54, 1.807) is 0 Å². The van der Waals surface area contributed by atoms with Gasteiger partial charge in [0.2, 0.25) is 11.8 Å². The molecule has 0 spiro atoms. The Labute approximate surface area is 134 Å². The van der Waals surface area contributed by atoms with Crippen molar-refractivity contribution in [3.8, 4) is 0 Å². The van der Waals surface area contributed by atoms with Crippen molar-refractivity contribution in [1.82, 2.24) is 15.5 Å². The quantitative estimate of drug-likeness (QED) is 0.782. The average molecular weight is 309 g/mol. The molecule has 1 saturated carbocycles. The Morgan fingerprint density at radius 1 is 1.18 bits per heavy atom. The first-order valence-corrected chi connectivity index (χ1v) is 8.83. The zero-order chi connectivity index (χ0) is 15.9. The van der Waals surface area contributed by atoms with E-state index < -0.39 is 0 Å². The maximum atomic E-state index is 12.3. The molecular formula is C17H31N3O2. The SMILES string of the molecule is CNCC1CCN(C(=O)CC(C)NC(=O)C2CCCCC2)C1. The van der Waals surface area contributed by atoms with Gasteiger partial charge in [0.15, 0.2) is 0 Å². The monoisotopic (exact) mass is 309 g/mol. The first-order valence-electron chi connectivity index (χ1n) is 8.83. The van der Waals surface area contributed by atoms with E-state index in [0.717, 1.165) is 51.7 Å². The third-order valence-corrected chi connectivity index (χ3v) is 4.98. The second-order valence-electron chi connectivity index (χ2n) is 7.00. The molecule has 0 aromatic heterocycles. The van der Waals surface area contributed by atoms with Gasteiger partial charge in [0.05, 0.1) is 0 Å². The van der Waals surface area contributed by atoms with Gasteiger partial charge >= 0.3 is 0 Å². The van der Waals surface area contributed by atoms with Crippen LogP contribution in [0, 0.1) is 11.8 Å². The lowest BCUT2D eigenvalue weighted by atomic mass is 9.88. The Hall–Kier alpha value is -1.10. The smallest absolute Gasteiger partial charge is 0.224 e. The summed E-state index contributed by atoms with van der Waals surface area (Å²) in [5.41, 5.74) is 0. The number of nitrogens with one attached hydrogen (secondary N) is 2. The molecule has 1 saturated heterocycles. The lowest BCUT2D eigenvalue weighted by Gasteiger charge is -2.24. The fourth-order valence-electron chi connectivity index (χ4n) is 3.68. The highest BCUT2D eigenvalue weighted by Gasteiger charge is 2.27. The van der Waals surface area contributed by atoms with E-state index in [1.807, 2.05) is 18.9 Å². The van der Waals surface area contributed by atoms with Crippen LogP contribution in [0.1, 0.15) is 51.9 Å². The van der Waals surface area contributed by atoms with E-state index >= 15 is 0 Å². The van der Waals surface area contributed by atoms with Crippen LogP contribution in [-0.4, -0.2) is 49.4 Å². The van der Waals surface area contributed by atoms with E-state index in [0.29, 0.717) is 12.3 Å². The minimum absolute atomic E-state index is 0.0646. The molecule has 2 unspecified atom stereocenters. The number of hydrogen-bond acceptors (Lipinski definition) is 3. The number of amides is 2. The van der Waals surface area contributed by atoms with Gasteiger partial charge < -0.3 is 15.5 Å². The van der Waals surface area contributed by atoms with Crippen molar-refractivity contribution >= 4 is 11.8 Å². The Morgan fingerprint density at radius 2 is 1.91 bits per heavy atom. The predicted molar refractivity (Wildman–Crippen MR) is 87.4 cm³/mol. The molecule has 5 nitrogen and oxygen atoms in total. The highest BCUT2D eigenvalue weighted by Crippen LogP contribution is 2.24. The predicted octanol–water partition coefficient (Wildman–Crippen LogP) is 1.53. The minimum atomic E-state index is -0.0646. The molecule has 2 N–H and O–H groups in total. The molecule has 22 heavy (non-hydrogen) atoms. The van der Waals surface area contributed by atoms with Gasteiger partial charge in [-0.3, -0.25) is 9.59 Å². The largest absolute Gasteiger partial charge is 0.353 e. The van der Waals surface area contributed by atoms with Crippen molar-refractivity contribution in [2.75, 3.05) is 26.7 Å². The Kier molecular flexibility index (Phi) is 6.68. The summed E-state index contributed by atoms with van der Waals surface area (Å²) in [6.07, 6.45) is 7.08. The second-order valence-corrected chi connectivity index (χ2v) is 7.00. The number of likely N-dealkylation sites (tertiary alicyclic amines) is 1. The fourth-order valence-corrected chi connectivity index (χ4v) is 3.68. The van der Waals surface area contributed by atoms with Crippen LogP contribution in [0.25, 0.3) is 0 Å². The van der Waals surface area contributed by atoms with Crippen LogP contribution in [0.2, 0.25) is 0 Å². The van der Waals surface area contributed by atoms with Crippen LogP contribution in [0.4, 0.5) is 0 Å². The molecule has 2 fully saturated rings. The molecule has 2 atom stereocenters. The molecule has 2 amide bonds. The summed E-state index contributed by atoms with van der Waals surface area (Å²) < 4.78 is 0. The van der Waals surface area contributed by atoms with Crippen LogP contribution >= 0.6 is 0 Å². The molecule has 1 aliphatic heterocycles. The van der Waals surface area contributed by atoms with Crippen molar-refractivity contribution < 1.29 is 9.59 Å². The summed E-state index contributed by atoms with van der Waals surface area (Å²) in [5, 5.41) is 6.22. The van der Waals surface area contributed by atoms with Crippen LogP contribution in [0.5, 0.6) is 0 Å². The Balaban J connectivity index is 1.71. The maximum Gasteiger partial charge on any atom is 0.224 e. The molecule has 2 aliphatic rings. The van der Waals surface area contributed by atoms with Gasteiger partial charge in [-0.15, -0.1) is 0 Å². The summed E-state index contributed by atoms with van der Waals surface area (Å²) in [6, 6.07) is -0.0646. The van der Waals surface area contributed by atoms with Gasteiger partial charge in [0, 0.05) is 31.5 Å². The molecule has 1 heterocycles. The number of carbonyl (C=O) groups is 2. The van der Waals surface area contributed by atoms with E-state index in [2.05, 4.69) is 10.6 Å². The Morgan fingerprint density at radius 3 is 2.59 bits per heavy atom. The van der Waals surface area contributed by atoms with Crippen LogP contribution in [0.3, 0.4) is 0 Å². The molecule has 0 radical (unpaired) electrons. The van der Waals surface area contributed by atoms with E-state index in [1.165, 1.54) is 6.42 Å². The number of hydrogen-bond donors (Lipinski definition) is 2. The molecule has 0 aromatic carbocycles. The van der Waals surface area contributed by atoms with Crippen molar-refractivity contribution in [2.45, 2.75) is 57.9 Å². The summed E-state index contributed by atoms with van der Waals surface area (Å²) in [5.74, 6) is 1.06. The van der Waals surface area contributed by atoms with Gasteiger partial charge in [-0.2, -0.15) is 0 Å². The van der Waals surface area contributed by atoms with Crippen molar-refractivity contribution in [2.24, 2.45) is 11.8 Å². The molecule has 5 heteroatoms. The number of rotatable bonds is 6. The van der Waals surface area contributed by atoms with Gasteiger partial charge in [-0.05, 0) is 45.7 Å². The van der Waals surface area contributed by atoms with Gasteiger partial charge in [0.1, 0.15) is 0 Å². The van der Waals surface area contributed by atoms with Gasteiger partial charge in [-0.1, -0.05) is 19.3 Å². The first kappa shape index (κ1) is 17.3. The van der Waals surface area contributed by atoms with Crippen LogP contribution in [0.15, 0.2) is 0 Å². The summed E-state index contributed by atoms with van der Waals surface area (Å²) in [6.45, 7) is 4.62. The molecule has 1 aliphatic carbocycles. The van der Waals surface area contributed by atoms with Crippen molar-refractivity contribution in [1.29, 1.82) is 0 Å². The molecule has 2 rings (SSSR count). The normalized spacial score (nSPS) is 24.3. The van der Waals surface area contributed by atoms with Crippen molar-refractivity contribution in [3.05, 3.63) is 0 Å². The third kappa shape index (κ3) is 4.97. The zero-order valence-electron chi connectivity index (χ0n) is 14.1. The van der Waals surface area contributed by atoms with E-state index in [4.69, 9.17) is 0 Å².